The summed E-state index contributed by atoms with van der Waals surface area (Å²) in [6.45, 7) is 8.71. The van der Waals surface area contributed by atoms with Gasteiger partial charge in [0.15, 0.2) is 0 Å². The van der Waals surface area contributed by atoms with Crippen LogP contribution in [0.3, 0.4) is 0 Å². The summed E-state index contributed by atoms with van der Waals surface area (Å²) in [5, 5.41) is 0. The van der Waals surface area contributed by atoms with Gasteiger partial charge in [0.1, 0.15) is 0 Å². The molecule has 0 fully saturated rings. The molecule has 0 spiro atoms. The predicted octanol–water partition coefficient (Wildman–Crippen LogP) is 2.17. The van der Waals surface area contributed by atoms with Crippen LogP contribution in [0, 0.1) is 26.3 Å². The van der Waals surface area contributed by atoms with Crippen molar-refractivity contribution in [3.05, 3.63) is 38.2 Å². The van der Waals surface area contributed by atoms with Gasteiger partial charge in [0.25, 0.3) is 0 Å². The predicted molar refractivity (Wildman–Crippen MR) is 64.1 cm³/mol. The van der Waals surface area contributed by atoms with Crippen LogP contribution in [0.2, 0.25) is 0 Å². The summed E-state index contributed by atoms with van der Waals surface area (Å²) in [5.41, 5.74) is 3.02. The summed E-state index contributed by atoms with van der Waals surface area (Å²) < 4.78 is 0. The molecule has 1 aliphatic rings. The minimum Gasteiger partial charge on any atom is -0.358 e. The van der Waals surface area contributed by atoms with Gasteiger partial charge in [-0.3, -0.25) is 6.08 Å². The zero-order chi connectivity index (χ0) is 7.07. The quantitative estimate of drug-likeness (QED) is 0.443. The van der Waals surface area contributed by atoms with Gasteiger partial charge in [-0.15, -0.1) is 6.92 Å². The Labute approximate surface area is 104 Å². The smallest absolute Gasteiger partial charge is 0.358 e. The maximum Gasteiger partial charge on any atom is 3.00 e. The van der Waals surface area contributed by atoms with Gasteiger partial charge in [-0.05, 0) is 11.0 Å². The van der Waals surface area contributed by atoms with Crippen molar-refractivity contribution in [1.82, 2.24) is 0 Å². The van der Waals surface area contributed by atoms with Crippen LogP contribution in [0.25, 0.3) is 0 Å². The number of hydrogen-bond donors (Lipinski definition) is 0. The van der Waals surface area contributed by atoms with E-state index < -0.39 is 0 Å². The summed E-state index contributed by atoms with van der Waals surface area (Å²) in [4.78, 5) is 0. The van der Waals surface area contributed by atoms with Crippen molar-refractivity contribution in [3.63, 3.8) is 0 Å². The van der Waals surface area contributed by atoms with Crippen molar-refractivity contribution in [2.45, 2.75) is 27.7 Å². The van der Waals surface area contributed by atoms with Crippen LogP contribution in [0.5, 0.6) is 0 Å². The molecule has 0 unspecified atom stereocenters. The molecule has 0 bridgehead atoms. The van der Waals surface area contributed by atoms with Crippen molar-refractivity contribution in [2.75, 3.05) is 0 Å². The van der Waals surface area contributed by atoms with Crippen LogP contribution in [0.15, 0.2) is 17.2 Å². The van der Waals surface area contributed by atoms with Gasteiger partial charge >= 0.3 is 21.7 Å². The normalized spacial score (nSPS) is 16.3. The maximum absolute atomic E-state index is 3.21. The molecule has 1 rings (SSSR count). The largest absolute Gasteiger partial charge is 3.00 e. The second-order valence-corrected chi connectivity index (χ2v) is 3.26. The van der Waals surface area contributed by atoms with Crippen molar-refractivity contribution < 1.29 is 21.7 Å². The molecule has 0 nitrogen and oxygen atoms in total. The van der Waals surface area contributed by atoms with E-state index in [1.54, 1.807) is 0 Å². The fraction of sp³-hybridized carbons (Fsp3) is 0.455. The van der Waals surface area contributed by atoms with Crippen LogP contribution >= 0.6 is 0 Å². The molecule has 75 valence electrons. The van der Waals surface area contributed by atoms with E-state index in [0.29, 0.717) is 0 Å². The van der Waals surface area contributed by atoms with Gasteiger partial charge in [-0.25, -0.2) is 11.1 Å². The van der Waals surface area contributed by atoms with Crippen LogP contribution in [0.4, 0.5) is 0 Å². The van der Waals surface area contributed by atoms with E-state index in [4.69, 9.17) is 0 Å². The standard InChI is InChI=1S/C9H13.2CH3.H4Si.Ti/c1-7-5-6-9(3,4)8(7)2;;;;/h6H,1-4H3;2*1H3;1H4;/q3*-1;;+3. The van der Waals surface area contributed by atoms with Gasteiger partial charge in [0, 0.05) is 0 Å². The van der Waals surface area contributed by atoms with E-state index in [-0.39, 0.29) is 53.0 Å². The summed E-state index contributed by atoms with van der Waals surface area (Å²) in [5.74, 6) is 0. The topological polar surface area (TPSA) is 0 Å². The molecule has 1 radical (unpaired) electrons. The van der Waals surface area contributed by atoms with E-state index in [1.165, 1.54) is 11.1 Å². The monoisotopic (exact) mass is 231 g/mol. The van der Waals surface area contributed by atoms with Crippen LogP contribution in [-0.4, -0.2) is 11.0 Å². The first-order valence-electron chi connectivity index (χ1n) is 3.33. The maximum atomic E-state index is 3.21. The Morgan fingerprint density at radius 2 is 1.54 bits per heavy atom. The Morgan fingerprint density at radius 1 is 1.15 bits per heavy atom. The third kappa shape index (κ3) is 4.99. The summed E-state index contributed by atoms with van der Waals surface area (Å²) in [7, 11) is 0. The van der Waals surface area contributed by atoms with E-state index in [2.05, 4.69) is 39.8 Å². The van der Waals surface area contributed by atoms with E-state index >= 15 is 0 Å². The van der Waals surface area contributed by atoms with Gasteiger partial charge in [0.05, 0.1) is 0 Å². The SMILES string of the molecule is CC1=C(C)C(C)(C)C=[C-]1.[CH3-].[CH3-].[SiH4].[Ti+3]. The Hall–Kier alpha value is 0.411. The molecule has 0 atom stereocenters. The minimum absolute atomic E-state index is 0. The summed E-state index contributed by atoms with van der Waals surface area (Å²) in [6.07, 6.45) is 5.35. The average molecular weight is 231 g/mol. The van der Waals surface area contributed by atoms with Crippen molar-refractivity contribution >= 4 is 11.0 Å². The average Bonchev–Trinajstić information content (AvgIpc) is 1.97. The Kier molecular flexibility index (Phi) is 14.0. The van der Waals surface area contributed by atoms with Crippen molar-refractivity contribution in [2.24, 2.45) is 5.41 Å². The van der Waals surface area contributed by atoms with Gasteiger partial charge < -0.3 is 14.9 Å². The molecule has 0 aromatic heterocycles. The molecule has 0 aromatic rings. The molecule has 1 aliphatic carbocycles. The Balaban J connectivity index is -0.000000101. The molecule has 13 heavy (non-hydrogen) atoms. The molecule has 0 amide bonds. The molecule has 0 N–H and O–H groups in total. The zero-order valence-corrected chi connectivity index (χ0v) is 10.6. The first-order valence-corrected chi connectivity index (χ1v) is 3.33. The number of allylic oxidation sites excluding steroid dienone is 4. The number of hydrogen-bond acceptors (Lipinski definition) is 0. The van der Waals surface area contributed by atoms with Gasteiger partial charge in [0.2, 0.25) is 0 Å². The molecular weight excluding hydrogens is 208 g/mol. The van der Waals surface area contributed by atoms with E-state index in [9.17, 15) is 0 Å². The van der Waals surface area contributed by atoms with Crippen molar-refractivity contribution in [1.29, 1.82) is 0 Å². The van der Waals surface area contributed by atoms with Crippen LogP contribution in [-0.2, 0) is 21.7 Å². The van der Waals surface area contributed by atoms with E-state index in [1.807, 2.05) is 0 Å². The third-order valence-corrected chi connectivity index (χ3v) is 2.18. The van der Waals surface area contributed by atoms with Crippen LogP contribution in [0.1, 0.15) is 27.7 Å². The Bertz CT molecular complexity index is 190. The molecular formula is C11H23SiTi. The second-order valence-electron chi connectivity index (χ2n) is 3.26. The summed E-state index contributed by atoms with van der Waals surface area (Å²) in [6, 6.07) is 0. The molecule has 0 aliphatic heterocycles. The molecule has 2 heteroatoms. The Morgan fingerprint density at radius 3 is 1.62 bits per heavy atom. The summed E-state index contributed by atoms with van der Waals surface area (Å²) >= 11 is 0. The number of rotatable bonds is 0. The van der Waals surface area contributed by atoms with Gasteiger partial charge in [-0.1, -0.05) is 26.2 Å². The molecule has 0 saturated carbocycles. The fourth-order valence-electron chi connectivity index (χ4n) is 0.988. The first kappa shape index (κ1) is 23.3. The van der Waals surface area contributed by atoms with Crippen molar-refractivity contribution in [3.8, 4) is 0 Å². The first-order chi connectivity index (χ1) is 4.04. The molecule has 0 saturated heterocycles. The van der Waals surface area contributed by atoms with E-state index in [0.717, 1.165) is 0 Å². The zero-order valence-electron chi connectivity index (χ0n) is 9.08. The second kappa shape index (κ2) is 7.78. The molecule has 0 aromatic carbocycles. The van der Waals surface area contributed by atoms with Crippen LogP contribution < -0.4 is 0 Å². The minimum atomic E-state index is 0. The van der Waals surface area contributed by atoms with Gasteiger partial charge in [-0.2, -0.15) is 6.08 Å². The third-order valence-electron chi connectivity index (χ3n) is 2.18. The fourth-order valence-corrected chi connectivity index (χ4v) is 0.988. The molecule has 0 heterocycles.